The highest BCUT2D eigenvalue weighted by molar-refractivity contribution is 7.89. The molecule has 152 valence electrons. The third-order valence-electron chi connectivity index (χ3n) is 5.53. The minimum atomic E-state index is -3.55. The van der Waals surface area contributed by atoms with Gasteiger partial charge in [-0.25, -0.2) is 18.1 Å². The van der Waals surface area contributed by atoms with Gasteiger partial charge in [-0.05, 0) is 44.0 Å². The lowest BCUT2D eigenvalue weighted by atomic mass is 10.1. The highest BCUT2D eigenvalue weighted by Crippen LogP contribution is 2.28. The summed E-state index contributed by atoms with van der Waals surface area (Å²) in [5.41, 5.74) is 1.56. The van der Waals surface area contributed by atoms with E-state index in [2.05, 4.69) is 0 Å². The highest BCUT2D eigenvalue weighted by atomic mass is 32.2. The van der Waals surface area contributed by atoms with Crippen LogP contribution in [0.15, 0.2) is 59.5 Å². The van der Waals surface area contributed by atoms with Crippen LogP contribution in [0, 0.1) is 6.92 Å². The number of benzene rings is 2. The van der Waals surface area contributed by atoms with Crippen LogP contribution in [0.4, 0.5) is 10.5 Å². The topological polar surface area (TPSA) is 78.0 Å². The molecule has 0 aromatic heterocycles. The molecule has 2 fully saturated rings. The van der Waals surface area contributed by atoms with Gasteiger partial charge in [0.2, 0.25) is 10.0 Å². The number of nitrogens with zero attached hydrogens (tertiary/aromatic N) is 3. The van der Waals surface area contributed by atoms with Crippen molar-refractivity contribution in [2.24, 2.45) is 0 Å². The summed E-state index contributed by atoms with van der Waals surface area (Å²) in [6, 6.07) is 15.2. The molecule has 3 amide bonds. The van der Waals surface area contributed by atoms with Gasteiger partial charge in [0.25, 0.3) is 5.91 Å². The Hall–Kier alpha value is -2.71. The predicted molar refractivity (Wildman–Crippen MR) is 109 cm³/mol. The fourth-order valence-corrected chi connectivity index (χ4v) is 5.36. The number of para-hydroxylation sites is 1. The van der Waals surface area contributed by atoms with Crippen LogP contribution in [0.3, 0.4) is 0 Å². The van der Waals surface area contributed by atoms with E-state index in [4.69, 9.17) is 0 Å². The molecule has 2 aromatic rings. The number of hydrogen-bond acceptors (Lipinski definition) is 4. The number of amides is 3. The smallest absolute Gasteiger partial charge is 0.312 e. The molecule has 0 radical (unpaired) electrons. The van der Waals surface area contributed by atoms with Crippen LogP contribution in [0.1, 0.15) is 18.4 Å². The van der Waals surface area contributed by atoms with E-state index in [0.29, 0.717) is 31.6 Å². The third-order valence-corrected chi connectivity index (χ3v) is 7.44. The van der Waals surface area contributed by atoms with Crippen molar-refractivity contribution in [3.05, 3.63) is 60.2 Å². The number of anilines is 1. The number of urea groups is 1. The number of carbonyl (C=O) groups is 2. The molecular formula is C21H23N3O4S. The van der Waals surface area contributed by atoms with E-state index in [0.717, 1.165) is 5.56 Å². The third kappa shape index (κ3) is 3.65. The lowest BCUT2D eigenvalue weighted by Gasteiger charge is -2.35. The fraction of sp³-hybridized carbons (Fsp3) is 0.333. The molecule has 7 nitrogen and oxygen atoms in total. The van der Waals surface area contributed by atoms with Crippen LogP contribution >= 0.6 is 0 Å². The van der Waals surface area contributed by atoms with Crippen LogP contribution in [-0.2, 0) is 14.8 Å². The van der Waals surface area contributed by atoms with Crippen LogP contribution in [0.2, 0.25) is 0 Å². The first-order valence-electron chi connectivity index (χ1n) is 9.63. The molecule has 2 aromatic carbocycles. The second-order valence-corrected chi connectivity index (χ2v) is 9.36. The maximum atomic E-state index is 12.9. The molecule has 2 aliphatic heterocycles. The Morgan fingerprint density at radius 1 is 0.897 bits per heavy atom. The Labute approximate surface area is 170 Å². The zero-order valence-corrected chi connectivity index (χ0v) is 17.0. The number of piperidine rings is 1. The molecule has 2 aliphatic rings. The van der Waals surface area contributed by atoms with Gasteiger partial charge in [-0.15, -0.1) is 0 Å². The van der Waals surface area contributed by atoms with Crippen molar-refractivity contribution in [2.75, 3.05) is 24.5 Å². The van der Waals surface area contributed by atoms with Gasteiger partial charge >= 0.3 is 6.03 Å². The van der Waals surface area contributed by atoms with Gasteiger partial charge in [0.05, 0.1) is 10.6 Å². The fourth-order valence-electron chi connectivity index (χ4n) is 3.89. The van der Waals surface area contributed by atoms with Crippen LogP contribution in [-0.4, -0.2) is 55.2 Å². The number of carbonyl (C=O) groups excluding carboxylic acids is 2. The van der Waals surface area contributed by atoms with Crippen molar-refractivity contribution in [3.8, 4) is 0 Å². The molecule has 2 heterocycles. The first-order chi connectivity index (χ1) is 13.9. The van der Waals surface area contributed by atoms with Crippen molar-refractivity contribution in [1.29, 1.82) is 0 Å². The van der Waals surface area contributed by atoms with Gasteiger partial charge in [0, 0.05) is 19.1 Å². The summed E-state index contributed by atoms with van der Waals surface area (Å²) < 4.78 is 27.2. The monoisotopic (exact) mass is 413 g/mol. The average molecular weight is 413 g/mol. The van der Waals surface area contributed by atoms with E-state index in [1.165, 1.54) is 9.21 Å². The summed E-state index contributed by atoms with van der Waals surface area (Å²) in [5, 5.41) is 0. The van der Waals surface area contributed by atoms with Crippen molar-refractivity contribution < 1.29 is 18.0 Å². The summed E-state index contributed by atoms with van der Waals surface area (Å²) in [6.07, 6.45) is 1.01. The molecule has 2 saturated heterocycles. The van der Waals surface area contributed by atoms with Crippen molar-refractivity contribution in [3.63, 3.8) is 0 Å². The minimum Gasteiger partial charge on any atom is -0.312 e. The largest absolute Gasteiger partial charge is 0.332 e. The second kappa shape index (κ2) is 7.61. The predicted octanol–water partition coefficient (Wildman–Crippen LogP) is 2.62. The van der Waals surface area contributed by atoms with Gasteiger partial charge in [-0.1, -0.05) is 35.9 Å². The summed E-state index contributed by atoms with van der Waals surface area (Å²) in [6.45, 7) is 2.59. The molecule has 0 N–H and O–H groups in total. The molecule has 8 heteroatoms. The molecule has 0 bridgehead atoms. The average Bonchev–Trinajstić information content (AvgIpc) is 3.03. The first kappa shape index (κ1) is 19.6. The van der Waals surface area contributed by atoms with Crippen LogP contribution < -0.4 is 4.90 Å². The normalized spacial score (nSPS) is 19.2. The van der Waals surface area contributed by atoms with E-state index in [1.807, 2.05) is 13.0 Å². The van der Waals surface area contributed by atoms with Gasteiger partial charge in [0.15, 0.2) is 0 Å². The Kier molecular flexibility index (Phi) is 5.14. The van der Waals surface area contributed by atoms with E-state index in [1.54, 1.807) is 53.4 Å². The number of imide groups is 1. The Balaban J connectivity index is 1.44. The molecule has 0 saturated carbocycles. The van der Waals surface area contributed by atoms with E-state index in [-0.39, 0.29) is 29.4 Å². The zero-order valence-electron chi connectivity index (χ0n) is 16.2. The van der Waals surface area contributed by atoms with Crippen molar-refractivity contribution in [2.45, 2.75) is 30.7 Å². The van der Waals surface area contributed by atoms with E-state index in [9.17, 15) is 18.0 Å². The second-order valence-electron chi connectivity index (χ2n) is 7.42. The summed E-state index contributed by atoms with van der Waals surface area (Å²) >= 11 is 0. The van der Waals surface area contributed by atoms with E-state index >= 15 is 0 Å². The maximum Gasteiger partial charge on any atom is 0.332 e. The molecule has 0 unspecified atom stereocenters. The molecule has 29 heavy (non-hydrogen) atoms. The zero-order chi connectivity index (χ0) is 20.6. The van der Waals surface area contributed by atoms with Gasteiger partial charge in [-0.3, -0.25) is 4.79 Å². The van der Waals surface area contributed by atoms with E-state index < -0.39 is 10.0 Å². The molecule has 4 rings (SSSR count). The molecule has 0 atom stereocenters. The SMILES string of the molecule is Cc1ccc(S(=O)(=O)N2CCC(N3CC(=O)N(c4ccccc4)C3=O)CC2)cc1. The maximum absolute atomic E-state index is 12.9. The Morgan fingerprint density at radius 2 is 1.52 bits per heavy atom. The molecule has 0 spiro atoms. The van der Waals surface area contributed by atoms with Gasteiger partial charge < -0.3 is 4.90 Å². The Bertz CT molecular complexity index is 1010. The molecular weight excluding hydrogens is 390 g/mol. The quantitative estimate of drug-likeness (QED) is 0.722. The standard InChI is InChI=1S/C21H23N3O4S/c1-16-7-9-19(10-8-16)29(27,28)22-13-11-17(12-14-22)23-15-20(25)24(21(23)26)18-5-3-2-4-6-18/h2-10,17H,11-15H2,1H3. The minimum absolute atomic E-state index is 0.0309. The lowest BCUT2D eigenvalue weighted by molar-refractivity contribution is -0.116. The number of sulfonamides is 1. The van der Waals surface area contributed by atoms with Crippen molar-refractivity contribution >= 4 is 27.6 Å². The van der Waals surface area contributed by atoms with Crippen LogP contribution in [0.25, 0.3) is 0 Å². The first-order valence-corrected chi connectivity index (χ1v) is 11.1. The summed E-state index contributed by atoms with van der Waals surface area (Å²) in [5.74, 6) is -0.254. The van der Waals surface area contributed by atoms with Gasteiger partial charge in [0.1, 0.15) is 6.54 Å². The number of aryl methyl sites for hydroxylation is 1. The lowest BCUT2D eigenvalue weighted by Crippen LogP contribution is -2.48. The van der Waals surface area contributed by atoms with Crippen LogP contribution in [0.5, 0.6) is 0 Å². The highest BCUT2D eigenvalue weighted by Gasteiger charge is 2.42. The Morgan fingerprint density at radius 3 is 2.14 bits per heavy atom. The number of hydrogen-bond donors (Lipinski definition) is 0. The summed E-state index contributed by atoms with van der Waals surface area (Å²) in [4.78, 5) is 28.3. The van der Waals surface area contributed by atoms with Gasteiger partial charge in [-0.2, -0.15) is 4.31 Å². The van der Waals surface area contributed by atoms with Crippen molar-refractivity contribution in [1.82, 2.24) is 9.21 Å². The summed E-state index contributed by atoms with van der Waals surface area (Å²) in [7, 11) is -3.55. The molecule has 0 aliphatic carbocycles. The number of rotatable bonds is 4.